The van der Waals surface area contributed by atoms with Crippen LogP contribution in [-0.4, -0.2) is 26.8 Å². The number of aliphatic carboxylic acids is 1. The number of nitrogens with zero attached hydrogens (tertiary/aromatic N) is 2. The van der Waals surface area contributed by atoms with Crippen LogP contribution in [0.15, 0.2) is 30.5 Å². The first-order valence-corrected chi connectivity index (χ1v) is 7.81. The van der Waals surface area contributed by atoms with Crippen LogP contribution in [0.1, 0.15) is 23.2 Å². The molecule has 0 unspecified atom stereocenters. The summed E-state index contributed by atoms with van der Waals surface area (Å²) < 4.78 is 29.1. The van der Waals surface area contributed by atoms with Crippen LogP contribution in [0, 0.1) is 0 Å². The number of hydrogen-bond donors (Lipinski definition) is 1. The van der Waals surface area contributed by atoms with Gasteiger partial charge in [0.1, 0.15) is 0 Å². The lowest BCUT2D eigenvalue weighted by molar-refractivity contribution is -0.131. The highest BCUT2D eigenvalue weighted by Gasteiger charge is 2.39. The van der Waals surface area contributed by atoms with Crippen molar-refractivity contribution < 1.29 is 18.7 Å². The Hall–Kier alpha value is -1.92. The smallest absolute Gasteiger partial charge is 0.328 e. The van der Waals surface area contributed by atoms with Crippen molar-refractivity contribution in [3.63, 3.8) is 0 Å². The molecule has 4 nitrogen and oxygen atoms in total. The number of hydrogen-bond acceptors (Lipinski definition) is 2. The number of fused-ring (bicyclic) bond motifs is 1. The van der Waals surface area contributed by atoms with Crippen molar-refractivity contribution in [2.75, 3.05) is 0 Å². The summed E-state index contributed by atoms with van der Waals surface area (Å²) in [5.41, 5.74) is 1.49. The van der Waals surface area contributed by atoms with Gasteiger partial charge in [0.2, 0.25) is 0 Å². The first-order chi connectivity index (χ1) is 11.2. The fraction of sp³-hybridized carbons (Fsp3) is 0.250. The summed E-state index contributed by atoms with van der Waals surface area (Å²) in [4.78, 5) is 11.0. The predicted molar refractivity (Wildman–Crippen MR) is 86.7 cm³/mol. The molecular weight excluding hydrogens is 361 g/mol. The Morgan fingerprint density at radius 2 is 2.12 bits per heavy atom. The molecule has 1 aliphatic carbocycles. The van der Waals surface area contributed by atoms with E-state index in [1.165, 1.54) is 10.9 Å². The molecule has 0 radical (unpaired) electrons. The third kappa shape index (κ3) is 3.44. The molecule has 2 aromatic rings. The first-order valence-electron chi connectivity index (χ1n) is 7.05. The Balaban J connectivity index is 2.03. The highest BCUT2D eigenvalue weighted by Crippen LogP contribution is 2.40. The standard InChI is InChI=1S/C16H12Cl2F2N2O2/c17-12-2-1-9(13(18)4-12)8-22-15-10(3-14(23)24)5-16(19,20)6-11(15)7-21-22/h1-4,7H,5-6,8H2,(H,23,24). The van der Waals surface area contributed by atoms with Gasteiger partial charge in [-0.3, -0.25) is 4.68 Å². The molecule has 3 rings (SSSR count). The van der Waals surface area contributed by atoms with E-state index in [0.717, 1.165) is 6.08 Å². The summed E-state index contributed by atoms with van der Waals surface area (Å²) in [5, 5.41) is 14.0. The molecule has 0 aliphatic heterocycles. The molecule has 0 fully saturated rings. The Labute approximate surface area is 146 Å². The molecule has 0 saturated carbocycles. The normalized spacial score (nSPS) is 17.8. The number of carbonyl (C=O) groups is 1. The van der Waals surface area contributed by atoms with E-state index in [-0.39, 0.29) is 12.1 Å². The van der Waals surface area contributed by atoms with Crippen molar-refractivity contribution in [2.24, 2.45) is 0 Å². The van der Waals surface area contributed by atoms with Gasteiger partial charge in [0, 0.05) is 34.5 Å². The molecule has 0 bridgehead atoms. The summed E-state index contributed by atoms with van der Waals surface area (Å²) in [5.74, 6) is -4.26. The second-order valence-corrected chi connectivity index (χ2v) is 6.47. The third-order valence-electron chi connectivity index (χ3n) is 3.75. The molecule has 8 heteroatoms. The van der Waals surface area contributed by atoms with Crippen LogP contribution in [0.3, 0.4) is 0 Å². The number of rotatable bonds is 3. The second kappa shape index (κ2) is 6.18. The van der Waals surface area contributed by atoms with E-state index in [1.54, 1.807) is 18.2 Å². The lowest BCUT2D eigenvalue weighted by Crippen LogP contribution is -2.26. The van der Waals surface area contributed by atoms with Crippen molar-refractivity contribution in [2.45, 2.75) is 25.3 Å². The number of aromatic nitrogens is 2. The lowest BCUT2D eigenvalue weighted by Gasteiger charge is -2.25. The Bertz CT molecular complexity index is 847. The van der Waals surface area contributed by atoms with E-state index in [1.807, 2.05) is 0 Å². The molecule has 1 aromatic carbocycles. The Kier molecular flexibility index (Phi) is 4.36. The van der Waals surface area contributed by atoms with Crippen molar-refractivity contribution in [1.29, 1.82) is 0 Å². The van der Waals surface area contributed by atoms with Crippen LogP contribution in [0.5, 0.6) is 0 Å². The molecule has 0 spiro atoms. The van der Waals surface area contributed by atoms with Crippen molar-refractivity contribution in [3.05, 3.63) is 57.3 Å². The Morgan fingerprint density at radius 3 is 2.79 bits per heavy atom. The minimum absolute atomic E-state index is 0.0522. The van der Waals surface area contributed by atoms with Crippen LogP contribution in [0.4, 0.5) is 8.78 Å². The zero-order chi connectivity index (χ0) is 17.5. The van der Waals surface area contributed by atoms with Gasteiger partial charge in [-0.1, -0.05) is 29.3 Å². The van der Waals surface area contributed by atoms with Gasteiger partial charge in [-0.15, -0.1) is 0 Å². The fourth-order valence-corrected chi connectivity index (χ4v) is 3.30. The third-order valence-corrected chi connectivity index (χ3v) is 4.34. The number of benzene rings is 1. The Morgan fingerprint density at radius 1 is 1.38 bits per heavy atom. The minimum Gasteiger partial charge on any atom is -0.478 e. The number of alkyl halides is 2. The molecule has 1 N–H and O–H groups in total. The van der Waals surface area contributed by atoms with E-state index >= 15 is 0 Å². The number of halogens is 4. The van der Waals surface area contributed by atoms with E-state index in [0.29, 0.717) is 26.9 Å². The summed E-state index contributed by atoms with van der Waals surface area (Å²) in [6.07, 6.45) is 1.06. The average Bonchev–Trinajstić information content (AvgIpc) is 2.82. The molecule has 1 aromatic heterocycles. The molecule has 126 valence electrons. The second-order valence-electron chi connectivity index (χ2n) is 5.63. The van der Waals surface area contributed by atoms with Crippen LogP contribution in [-0.2, 0) is 17.8 Å². The molecule has 0 amide bonds. The molecule has 24 heavy (non-hydrogen) atoms. The first kappa shape index (κ1) is 16.9. The van der Waals surface area contributed by atoms with Gasteiger partial charge in [0.05, 0.1) is 18.4 Å². The van der Waals surface area contributed by atoms with Gasteiger partial charge in [-0.05, 0) is 23.3 Å². The maximum Gasteiger partial charge on any atom is 0.328 e. The van der Waals surface area contributed by atoms with Crippen molar-refractivity contribution in [3.8, 4) is 0 Å². The fourth-order valence-electron chi connectivity index (χ4n) is 2.83. The monoisotopic (exact) mass is 372 g/mol. The van der Waals surface area contributed by atoms with E-state index in [4.69, 9.17) is 28.3 Å². The maximum absolute atomic E-state index is 13.8. The minimum atomic E-state index is -2.99. The van der Waals surface area contributed by atoms with E-state index in [2.05, 4.69) is 5.10 Å². The highest BCUT2D eigenvalue weighted by atomic mass is 35.5. The predicted octanol–water partition coefficient (Wildman–Crippen LogP) is 4.29. The van der Waals surface area contributed by atoms with Crippen LogP contribution >= 0.6 is 23.2 Å². The quantitative estimate of drug-likeness (QED) is 0.817. The lowest BCUT2D eigenvalue weighted by atomic mass is 9.89. The summed E-state index contributed by atoms with van der Waals surface area (Å²) in [7, 11) is 0. The summed E-state index contributed by atoms with van der Waals surface area (Å²) >= 11 is 12.0. The zero-order valence-corrected chi connectivity index (χ0v) is 13.8. The molecule has 0 saturated heterocycles. The van der Waals surface area contributed by atoms with Crippen molar-refractivity contribution >= 4 is 34.7 Å². The topological polar surface area (TPSA) is 55.1 Å². The molecule has 1 aliphatic rings. The van der Waals surface area contributed by atoms with E-state index < -0.39 is 24.7 Å². The SMILES string of the molecule is O=C(O)C=C1CC(F)(F)Cc2cnn(Cc3ccc(Cl)cc3Cl)c21. The number of carboxylic acid groups (broad SMARTS) is 1. The maximum atomic E-state index is 13.8. The molecule has 0 atom stereocenters. The summed E-state index contributed by atoms with van der Waals surface area (Å²) in [6, 6.07) is 4.97. The van der Waals surface area contributed by atoms with E-state index in [9.17, 15) is 13.6 Å². The molecular formula is C16H12Cl2F2N2O2. The van der Waals surface area contributed by atoms with Crippen LogP contribution in [0.25, 0.3) is 5.57 Å². The van der Waals surface area contributed by atoms with Gasteiger partial charge in [0.15, 0.2) is 0 Å². The van der Waals surface area contributed by atoms with Crippen LogP contribution in [0.2, 0.25) is 10.0 Å². The van der Waals surface area contributed by atoms with Gasteiger partial charge in [-0.2, -0.15) is 5.10 Å². The van der Waals surface area contributed by atoms with Crippen LogP contribution < -0.4 is 0 Å². The van der Waals surface area contributed by atoms with Crippen molar-refractivity contribution in [1.82, 2.24) is 9.78 Å². The highest BCUT2D eigenvalue weighted by molar-refractivity contribution is 6.35. The van der Waals surface area contributed by atoms with Gasteiger partial charge >= 0.3 is 5.97 Å². The summed E-state index contributed by atoms with van der Waals surface area (Å²) in [6.45, 7) is 0.230. The number of allylic oxidation sites excluding steroid dienone is 1. The number of carboxylic acids is 1. The molecule has 1 heterocycles. The van der Waals surface area contributed by atoms with Gasteiger partial charge in [-0.25, -0.2) is 13.6 Å². The zero-order valence-electron chi connectivity index (χ0n) is 12.3. The largest absolute Gasteiger partial charge is 0.478 e. The van der Waals surface area contributed by atoms with Gasteiger partial charge < -0.3 is 5.11 Å². The van der Waals surface area contributed by atoms with Gasteiger partial charge in [0.25, 0.3) is 5.92 Å². The average molecular weight is 373 g/mol.